The Bertz CT molecular complexity index is 1630. The summed E-state index contributed by atoms with van der Waals surface area (Å²) in [6.45, 7) is 1.36. The van der Waals surface area contributed by atoms with Gasteiger partial charge in [0.05, 0.1) is 16.2 Å². The molecule has 2 aliphatic heterocycles. The molecule has 2 aromatic carbocycles. The van der Waals surface area contributed by atoms with Gasteiger partial charge in [-0.2, -0.15) is 44.2 Å². The minimum Gasteiger partial charge on any atom is -0.457 e. The fourth-order valence-electron chi connectivity index (χ4n) is 3.97. The standard InChI is InChI=1S/C24H15F9N2O4S/c1-12-9-17(16-7-8-34-20(16)35(12)36)18-11-15(40(37,38)21(23(28,29)30)24(31,32)33)5-6-19(18)39-14-4-2-3-13(10-14)22(25,26)27/h2-11,21,36H,1H3. The molecule has 0 radical (unpaired) electrons. The number of alkyl halides is 9. The van der Waals surface area contributed by atoms with Crippen LogP contribution in [0.2, 0.25) is 0 Å². The quantitative estimate of drug-likeness (QED) is 0.193. The molecule has 4 rings (SSSR count). The minimum atomic E-state index is -6.22. The first kappa shape index (κ1) is 29.0. The Morgan fingerprint density at radius 1 is 0.850 bits per heavy atom. The molecule has 0 unspecified atom stereocenters. The Kier molecular flexibility index (Phi) is 6.97. The first-order valence-electron chi connectivity index (χ1n) is 10.8. The topological polar surface area (TPSA) is 81.4 Å². The number of hydrogen-bond acceptors (Lipinski definition) is 5. The maximum Gasteiger partial charge on any atom is 0.416 e. The highest BCUT2D eigenvalue weighted by atomic mass is 32.2. The Morgan fingerprint density at radius 3 is 2.10 bits per heavy atom. The highest BCUT2D eigenvalue weighted by Crippen LogP contribution is 2.45. The molecule has 1 N–H and O–H groups in total. The van der Waals surface area contributed by atoms with Crippen molar-refractivity contribution in [3.8, 4) is 34.0 Å². The second-order valence-corrected chi connectivity index (χ2v) is 10.5. The van der Waals surface area contributed by atoms with Crippen LogP contribution in [0.4, 0.5) is 39.5 Å². The summed E-state index contributed by atoms with van der Waals surface area (Å²) in [5.74, 6) is -0.944. The van der Waals surface area contributed by atoms with Crippen LogP contribution in [0.15, 0.2) is 65.7 Å². The molecule has 0 aliphatic carbocycles. The van der Waals surface area contributed by atoms with Crippen molar-refractivity contribution in [2.45, 2.75) is 35.6 Å². The van der Waals surface area contributed by atoms with Crippen LogP contribution < -0.4 is 4.74 Å². The molecule has 2 aliphatic rings. The second-order valence-electron chi connectivity index (χ2n) is 8.49. The Morgan fingerprint density at radius 2 is 1.50 bits per heavy atom. The molecule has 6 nitrogen and oxygen atoms in total. The van der Waals surface area contributed by atoms with Crippen LogP contribution in [0.3, 0.4) is 0 Å². The first-order valence-corrected chi connectivity index (χ1v) is 12.4. The molecular weight excluding hydrogens is 583 g/mol. The molecular formula is C24H15F9N2O4S. The van der Waals surface area contributed by atoms with Crippen molar-refractivity contribution >= 4 is 9.84 Å². The molecule has 0 aromatic heterocycles. The van der Waals surface area contributed by atoms with Gasteiger partial charge < -0.3 is 9.94 Å². The average Bonchev–Trinajstić information content (AvgIpc) is 3.29. The van der Waals surface area contributed by atoms with Crippen LogP contribution in [0.25, 0.3) is 22.5 Å². The zero-order valence-corrected chi connectivity index (χ0v) is 20.5. The lowest BCUT2D eigenvalue weighted by Gasteiger charge is -2.24. The molecule has 0 amide bonds. The summed E-state index contributed by atoms with van der Waals surface area (Å²) in [5.41, 5.74) is -1.45. The van der Waals surface area contributed by atoms with Crippen LogP contribution in [0.1, 0.15) is 11.3 Å². The molecule has 0 atom stereocenters. The van der Waals surface area contributed by atoms with E-state index in [1.807, 2.05) is 0 Å². The second kappa shape index (κ2) is 9.60. The van der Waals surface area contributed by atoms with Gasteiger partial charge in [0.2, 0.25) is 0 Å². The average molecular weight is 598 g/mol. The van der Waals surface area contributed by atoms with E-state index >= 15 is 0 Å². The third kappa shape index (κ3) is 5.39. The van der Waals surface area contributed by atoms with Crippen LogP contribution in [0.5, 0.6) is 11.5 Å². The molecule has 16 heteroatoms. The third-order valence-corrected chi connectivity index (χ3v) is 7.79. The molecule has 0 bridgehead atoms. The van der Waals surface area contributed by atoms with Gasteiger partial charge in [-0.05, 0) is 61.0 Å². The van der Waals surface area contributed by atoms with Crippen molar-refractivity contribution in [2.24, 2.45) is 0 Å². The summed E-state index contributed by atoms with van der Waals surface area (Å²) >= 11 is 0. The van der Waals surface area contributed by atoms with Gasteiger partial charge in [0.1, 0.15) is 11.5 Å². The van der Waals surface area contributed by atoms with Gasteiger partial charge >= 0.3 is 18.5 Å². The van der Waals surface area contributed by atoms with Crippen molar-refractivity contribution in [1.82, 2.24) is 9.71 Å². The van der Waals surface area contributed by atoms with E-state index in [0.717, 1.165) is 24.3 Å². The van der Waals surface area contributed by atoms with Crippen molar-refractivity contribution in [3.05, 3.63) is 72.1 Å². The van der Waals surface area contributed by atoms with Crippen molar-refractivity contribution < 1.29 is 57.9 Å². The van der Waals surface area contributed by atoms with Gasteiger partial charge in [0.25, 0.3) is 5.25 Å². The fraction of sp³-hybridized carbons (Fsp3) is 0.208. The Balaban J connectivity index is 1.97. The predicted molar refractivity (Wildman–Crippen MR) is 121 cm³/mol. The lowest BCUT2D eigenvalue weighted by Crippen LogP contribution is -2.48. The number of rotatable bonds is 5. The number of halogens is 9. The summed E-state index contributed by atoms with van der Waals surface area (Å²) < 4.78 is 151. The van der Waals surface area contributed by atoms with Gasteiger partial charge in [0.15, 0.2) is 15.7 Å². The van der Waals surface area contributed by atoms with E-state index in [4.69, 9.17) is 4.74 Å². The van der Waals surface area contributed by atoms with E-state index in [2.05, 4.69) is 4.98 Å². The summed E-state index contributed by atoms with van der Waals surface area (Å²) in [6, 6.07) is 7.58. The predicted octanol–water partition coefficient (Wildman–Crippen LogP) is 7.28. The summed E-state index contributed by atoms with van der Waals surface area (Å²) in [5, 5.41) is 5.48. The number of ether oxygens (including phenoxy) is 1. The van der Waals surface area contributed by atoms with Gasteiger partial charge in [-0.15, -0.1) is 0 Å². The Hall–Kier alpha value is -3.95. The van der Waals surface area contributed by atoms with Crippen LogP contribution in [0, 0.1) is 6.92 Å². The maximum atomic E-state index is 13.3. The largest absolute Gasteiger partial charge is 0.457 e. The number of sulfone groups is 1. The Labute approximate surface area is 219 Å². The van der Waals surface area contributed by atoms with E-state index < -0.39 is 61.1 Å². The number of nitrogens with zero attached hydrogens (tertiary/aromatic N) is 2. The highest BCUT2D eigenvalue weighted by molar-refractivity contribution is 7.92. The van der Waals surface area contributed by atoms with E-state index in [1.165, 1.54) is 25.3 Å². The van der Waals surface area contributed by atoms with Crippen molar-refractivity contribution in [3.63, 3.8) is 0 Å². The summed E-state index contributed by atoms with van der Waals surface area (Å²) in [7, 11) is -6.15. The third-order valence-electron chi connectivity index (χ3n) is 5.72. The van der Waals surface area contributed by atoms with Gasteiger partial charge in [0, 0.05) is 17.3 Å². The monoisotopic (exact) mass is 598 g/mol. The molecule has 214 valence electrons. The van der Waals surface area contributed by atoms with E-state index in [9.17, 15) is 53.1 Å². The lowest BCUT2D eigenvalue weighted by molar-refractivity contribution is -0.226. The lowest BCUT2D eigenvalue weighted by atomic mass is 9.98. The summed E-state index contributed by atoms with van der Waals surface area (Å²) in [4.78, 5) is 2.53. The SMILES string of the molecule is Cc1cc(-c2cc(S(=O)(=O)C(C(F)(F)F)C(F)(F)F)ccc2Oc2cccc(C(F)(F)F)c2)c2ccnc-2n1O. The molecule has 2 aromatic rings. The molecule has 0 spiro atoms. The van der Waals surface area contributed by atoms with Crippen LogP contribution in [-0.2, 0) is 16.0 Å². The zero-order chi connectivity index (χ0) is 29.8. The summed E-state index contributed by atoms with van der Waals surface area (Å²) in [6.07, 6.45) is -16.0. The number of hydrogen-bond donors (Lipinski definition) is 1. The number of pyridine rings is 1. The number of aromatic nitrogens is 2. The number of fused-ring (bicyclic) bond motifs is 1. The molecule has 2 heterocycles. The van der Waals surface area contributed by atoms with E-state index in [-0.39, 0.29) is 22.6 Å². The van der Waals surface area contributed by atoms with E-state index in [1.54, 1.807) is 0 Å². The smallest absolute Gasteiger partial charge is 0.416 e. The minimum absolute atomic E-state index is 0.0510. The molecule has 0 saturated heterocycles. The van der Waals surface area contributed by atoms with E-state index in [0.29, 0.717) is 22.9 Å². The van der Waals surface area contributed by atoms with Gasteiger partial charge in [-0.25, -0.2) is 13.4 Å². The van der Waals surface area contributed by atoms with Gasteiger partial charge in [-0.1, -0.05) is 6.07 Å². The number of benzene rings is 2. The van der Waals surface area contributed by atoms with Gasteiger partial charge in [-0.3, -0.25) is 0 Å². The fourth-order valence-corrected chi connectivity index (χ4v) is 5.48. The molecule has 0 fully saturated rings. The van der Waals surface area contributed by atoms with Crippen LogP contribution in [-0.4, -0.2) is 40.9 Å². The molecule has 40 heavy (non-hydrogen) atoms. The molecule has 0 saturated carbocycles. The zero-order valence-electron chi connectivity index (χ0n) is 19.7. The van der Waals surface area contributed by atoms with Crippen molar-refractivity contribution in [2.75, 3.05) is 0 Å². The normalized spacial score (nSPS) is 13.3. The highest BCUT2D eigenvalue weighted by Gasteiger charge is 2.64. The maximum absolute atomic E-state index is 13.3. The van der Waals surface area contributed by atoms with Crippen molar-refractivity contribution in [1.29, 1.82) is 0 Å². The van der Waals surface area contributed by atoms with Crippen LogP contribution >= 0.6 is 0 Å². The number of aryl methyl sites for hydroxylation is 1. The first-order chi connectivity index (χ1) is 18.3.